The maximum Gasteiger partial charge on any atom is 0.243 e. The van der Waals surface area contributed by atoms with Crippen LogP contribution in [0.3, 0.4) is 0 Å². The summed E-state index contributed by atoms with van der Waals surface area (Å²) in [4.78, 5) is 0.240. The Kier molecular flexibility index (Phi) is 5.06. The van der Waals surface area contributed by atoms with Gasteiger partial charge in [0.1, 0.15) is 4.90 Å². The van der Waals surface area contributed by atoms with Crippen LogP contribution in [0.15, 0.2) is 17.3 Å². The van der Waals surface area contributed by atoms with Gasteiger partial charge in [0.2, 0.25) is 10.0 Å². The number of aryl methyl sites for hydroxylation is 1. The van der Waals surface area contributed by atoms with Crippen LogP contribution in [-0.2, 0) is 16.6 Å². The van der Waals surface area contributed by atoms with Gasteiger partial charge in [0.05, 0.1) is 6.20 Å². The fraction of sp³-hybridized carbons (Fsp3) is 0.786. The molecule has 1 aromatic rings. The molecule has 0 aromatic carbocycles. The van der Waals surface area contributed by atoms with Crippen LogP contribution in [0.1, 0.15) is 46.0 Å². The largest absolute Gasteiger partial charge is 0.330 e. The third-order valence-electron chi connectivity index (χ3n) is 4.17. The first-order chi connectivity index (χ1) is 9.82. The standard InChI is InChI=1S/C14H26N4O2S/c1-14(2)6-4-12(5-7-14)17-21(19,20)13-10-16-18(11-13)9-3-8-15/h10-12,17H,3-9,15H2,1-2H3. The number of nitrogens with zero attached hydrogens (tertiary/aromatic N) is 2. The fourth-order valence-corrected chi connectivity index (χ4v) is 3.92. The highest BCUT2D eigenvalue weighted by Crippen LogP contribution is 2.35. The number of aromatic nitrogens is 2. The highest BCUT2D eigenvalue weighted by Gasteiger charge is 2.30. The molecule has 0 unspecified atom stereocenters. The molecule has 1 saturated carbocycles. The Balaban J connectivity index is 1.97. The molecular formula is C14H26N4O2S. The molecule has 1 aromatic heterocycles. The number of nitrogens with two attached hydrogens (primary N) is 1. The van der Waals surface area contributed by atoms with Crippen LogP contribution in [0, 0.1) is 5.41 Å². The van der Waals surface area contributed by atoms with Gasteiger partial charge in [-0.15, -0.1) is 0 Å². The smallest absolute Gasteiger partial charge is 0.243 e. The van der Waals surface area contributed by atoms with Crippen molar-refractivity contribution < 1.29 is 8.42 Å². The number of sulfonamides is 1. The maximum absolute atomic E-state index is 12.4. The summed E-state index contributed by atoms with van der Waals surface area (Å²) < 4.78 is 29.2. The average Bonchev–Trinajstić information content (AvgIpc) is 2.88. The van der Waals surface area contributed by atoms with Gasteiger partial charge in [-0.3, -0.25) is 4.68 Å². The van der Waals surface area contributed by atoms with Crippen LogP contribution in [-0.4, -0.2) is 30.8 Å². The first-order valence-corrected chi connectivity index (χ1v) is 9.06. The lowest BCUT2D eigenvalue weighted by Gasteiger charge is -2.34. The van der Waals surface area contributed by atoms with Gasteiger partial charge in [0.15, 0.2) is 0 Å². The Morgan fingerprint density at radius 1 is 1.43 bits per heavy atom. The Morgan fingerprint density at radius 3 is 2.71 bits per heavy atom. The monoisotopic (exact) mass is 314 g/mol. The van der Waals surface area contributed by atoms with E-state index in [0.717, 1.165) is 32.1 Å². The minimum absolute atomic E-state index is 0.0374. The third kappa shape index (κ3) is 4.52. The lowest BCUT2D eigenvalue weighted by Crippen LogP contribution is -2.39. The van der Waals surface area contributed by atoms with Crippen molar-refractivity contribution in [1.29, 1.82) is 0 Å². The Labute approximate surface area is 127 Å². The van der Waals surface area contributed by atoms with Crippen LogP contribution in [0.5, 0.6) is 0 Å². The van der Waals surface area contributed by atoms with Gasteiger partial charge in [0.25, 0.3) is 0 Å². The van der Waals surface area contributed by atoms with Crippen molar-refractivity contribution in [2.45, 2.75) is 63.4 Å². The first-order valence-electron chi connectivity index (χ1n) is 7.57. The summed E-state index contributed by atoms with van der Waals surface area (Å²) >= 11 is 0. The van der Waals surface area contributed by atoms with E-state index in [1.165, 1.54) is 6.20 Å². The summed E-state index contributed by atoms with van der Waals surface area (Å²) in [6, 6.07) is 0.0374. The highest BCUT2D eigenvalue weighted by molar-refractivity contribution is 7.89. The molecule has 0 bridgehead atoms. The van der Waals surface area contributed by atoms with Crippen LogP contribution in [0.4, 0.5) is 0 Å². The Hall–Kier alpha value is -0.920. The van der Waals surface area contributed by atoms with Crippen molar-refractivity contribution in [3.63, 3.8) is 0 Å². The molecule has 1 aliphatic rings. The van der Waals surface area contributed by atoms with Crippen molar-refractivity contribution in [1.82, 2.24) is 14.5 Å². The second-order valence-electron chi connectivity index (χ2n) is 6.64. The van der Waals surface area contributed by atoms with Crippen molar-refractivity contribution in [3.8, 4) is 0 Å². The SMILES string of the molecule is CC1(C)CCC(NS(=O)(=O)c2cnn(CCCN)c2)CC1. The number of nitrogens with one attached hydrogen (secondary N) is 1. The minimum Gasteiger partial charge on any atom is -0.330 e. The molecule has 1 heterocycles. The lowest BCUT2D eigenvalue weighted by molar-refractivity contribution is 0.218. The van der Waals surface area contributed by atoms with Gasteiger partial charge in [-0.2, -0.15) is 5.10 Å². The number of rotatable bonds is 6. The molecular weight excluding hydrogens is 288 g/mol. The highest BCUT2D eigenvalue weighted by atomic mass is 32.2. The second-order valence-corrected chi connectivity index (χ2v) is 8.36. The summed E-state index contributed by atoms with van der Waals surface area (Å²) in [6.45, 7) is 5.68. The zero-order chi connectivity index (χ0) is 15.5. The maximum atomic E-state index is 12.4. The van der Waals surface area contributed by atoms with Crippen molar-refractivity contribution in [2.75, 3.05) is 6.54 Å². The fourth-order valence-electron chi connectivity index (χ4n) is 2.66. The molecule has 21 heavy (non-hydrogen) atoms. The van der Waals surface area contributed by atoms with E-state index in [-0.39, 0.29) is 10.9 Å². The summed E-state index contributed by atoms with van der Waals surface area (Å²) in [7, 11) is -3.47. The summed E-state index contributed by atoms with van der Waals surface area (Å²) in [6.07, 6.45) is 7.66. The van der Waals surface area contributed by atoms with E-state index in [1.807, 2.05) is 0 Å². The molecule has 0 radical (unpaired) electrons. The van der Waals surface area contributed by atoms with Crippen molar-refractivity contribution in [3.05, 3.63) is 12.4 Å². The molecule has 0 aliphatic heterocycles. The molecule has 2 rings (SSSR count). The van der Waals surface area contributed by atoms with Crippen LogP contribution >= 0.6 is 0 Å². The Bertz CT molecular complexity index is 555. The van der Waals surface area contributed by atoms with Crippen LogP contribution in [0.2, 0.25) is 0 Å². The van der Waals surface area contributed by atoms with E-state index in [1.54, 1.807) is 10.9 Å². The molecule has 1 aliphatic carbocycles. The van der Waals surface area contributed by atoms with Crippen LogP contribution in [0.25, 0.3) is 0 Å². The van der Waals surface area contributed by atoms with Gasteiger partial charge in [-0.05, 0) is 44.1 Å². The van der Waals surface area contributed by atoms with Gasteiger partial charge >= 0.3 is 0 Å². The first kappa shape index (κ1) is 16.5. The van der Waals surface area contributed by atoms with Crippen LogP contribution < -0.4 is 10.5 Å². The molecule has 0 atom stereocenters. The third-order valence-corrected chi connectivity index (χ3v) is 5.65. The molecule has 0 saturated heterocycles. The quantitative estimate of drug-likeness (QED) is 0.832. The molecule has 0 amide bonds. The summed E-state index contributed by atoms with van der Waals surface area (Å²) in [5.41, 5.74) is 5.77. The zero-order valence-electron chi connectivity index (χ0n) is 12.9. The minimum atomic E-state index is -3.47. The molecule has 0 spiro atoms. The van der Waals surface area contributed by atoms with Gasteiger partial charge in [0, 0.05) is 18.8 Å². The van der Waals surface area contributed by atoms with E-state index in [0.29, 0.717) is 18.5 Å². The van der Waals surface area contributed by atoms with Gasteiger partial charge in [-0.25, -0.2) is 13.1 Å². The van der Waals surface area contributed by atoms with E-state index >= 15 is 0 Å². The van der Waals surface area contributed by atoms with E-state index < -0.39 is 10.0 Å². The lowest BCUT2D eigenvalue weighted by atomic mass is 9.76. The van der Waals surface area contributed by atoms with Gasteiger partial charge < -0.3 is 5.73 Å². The molecule has 6 nitrogen and oxygen atoms in total. The number of hydrogen-bond acceptors (Lipinski definition) is 4. The molecule has 1 fully saturated rings. The normalized spacial score (nSPS) is 19.8. The predicted molar refractivity (Wildman–Crippen MR) is 82.3 cm³/mol. The molecule has 3 N–H and O–H groups in total. The number of hydrogen-bond donors (Lipinski definition) is 2. The summed E-state index contributed by atoms with van der Waals surface area (Å²) in [5, 5.41) is 4.08. The zero-order valence-corrected chi connectivity index (χ0v) is 13.7. The van der Waals surface area contributed by atoms with E-state index in [9.17, 15) is 8.42 Å². The topological polar surface area (TPSA) is 90.0 Å². The molecule has 120 valence electrons. The second kappa shape index (κ2) is 6.46. The summed E-state index contributed by atoms with van der Waals surface area (Å²) in [5.74, 6) is 0. The van der Waals surface area contributed by atoms with Crippen molar-refractivity contribution >= 4 is 10.0 Å². The Morgan fingerprint density at radius 2 is 2.10 bits per heavy atom. The predicted octanol–water partition coefficient (Wildman–Crippen LogP) is 1.48. The van der Waals surface area contributed by atoms with Crippen molar-refractivity contribution in [2.24, 2.45) is 11.1 Å². The van der Waals surface area contributed by atoms with Gasteiger partial charge in [-0.1, -0.05) is 13.8 Å². The average molecular weight is 314 g/mol. The van der Waals surface area contributed by atoms with E-state index in [2.05, 4.69) is 23.7 Å². The molecule has 7 heteroatoms. The van der Waals surface area contributed by atoms with E-state index in [4.69, 9.17) is 5.73 Å².